The Hall–Kier alpha value is -2.29. The van der Waals surface area contributed by atoms with Crippen molar-refractivity contribution in [1.29, 1.82) is 0 Å². The predicted octanol–water partition coefficient (Wildman–Crippen LogP) is 0.290. The number of carbonyl (C=O) groups is 1. The number of piperidine rings is 1. The van der Waals surface area contributed by atoms with Gasteiger partial charge in [-0.05, 0) is 19.8 Å². The summed E-state index contributed by atoms with van der Waals surface area (Å²) in [6, 6.07) is 0. The van der Waals surface area contributed by atoms with Gasteiger partial charge in [0.25, 0.3) is 0 Å². The molecule has 1 saturated heterocycles. The lowest BCUT2D eigenvalue weighted by molar-refractivity contribution is -0.136. The van der Waals surface area contributed by atoms with E-state index in [0.717, 1.165) is 44.1 Å². The molecule has 9 nitrogen and oxygen atoms in total. The summed E-state index contributed by atoms with van der Waals surface area (Å²) < 4.78 is 8.82. The molecule has 0 bridgehead atoms. The van der Waals surface area contributed by atoms with Gasteiger partial charge in [-0.25, -0.2) is 9.67 Å². The summed E-state index contributed by atoms with van der Waals surface area (Å²) >= 11 is 0. The minimum absolute atomic E-state index is 0.0554. The van der Waals surface area contributed by atoms with Gasteiger partial charge < -0.3 is 14.2 Å². The van der Waals surface area contributed by atoms with Crippen LogP contribution >= 0.6 is 0 Å². The average molecular weight is 333 g/mol. The third-order valence-corrected chi connectivity index (χ3v) is 4.42. The lowest BCUT2D eigenvalue weighted by Crippen LogP contribution is -2.40. The molecule has 3 heterocycles. The van der Waals surface area contributed by atoms with E-state index in [1.807, 2.05) is 4.90 Å². The van der Waals surface area contributed by atoms with Crippen molar-refractivity contribution >= 4 is 5.91 Å². The number of hydrogen-bond acceptors (Lipinski definition) is 6. The molecule has 0 atom stereocenters. The largest absolute Gasteiger partial charge is 0.375 e. The van der Waals surface area contributed by atoms with E-state index in [0.29, 0.717) is 12.5 Å². The Morgan fingerprint density at radius 3 is 2.75 bits per heavy atom. The van der Waals surface area contributed by atoms with Crippen molar-refractivity contribution in [2.45, 2.75) is 38.8 Å². The Bertz CT molecular complexity index is 659. The van der Waals surface area contributed by atoms with Crippen LogP contribution in [-0.2, 0) is 22.6 Å². The first-order valence-electron chi connectivity index (χ1n) is 8.24. The first-order valence-corrected chi connectivity index (χ1v) is 8.24. The quantitative estimate of drug-likeness (QED) is 0.755. The smallest absolute Gasteiger partial charge is 0.248 e. The van der Waals surface area contributed by atoms with E-state index in [9.17, 15) is 4.79 Å². The standard InChI is InChI=1S/C15H23N7O2/c1-3-22-13(8-21-11-16-10-17-21)18-19-15(22)12-4-6-20(7-5-12)14(23)9-24-2/h10-12H,3-9H2,1-2H3. The Kier molecular flexibility index (Phi) is 5.19. The summed E-state index contributed by atoms with van der Waals surface area (Å²) in [7, 11) is 1.55. The van der Waals surface area contributed by atoms with E-state index >= 15 is 0 Å². The molecular formula is C15H23N7O2. The maximum Gasteiger partial charge on any atom is 0.248 e. The van der Waals surface area contributed by atoms with Gasteiger partial charge in [-0.15, -0.1) is 10.2 Å². The number of nitrogens with zero attached hydrogens (tertiary/aromatic N) is 7. The second-order valence-corrected chi connectivity index (χ2v) is 5.90. The maximum absolute atomic E-state index is 11.9. The van der Waals surface area contributed by atoms with Crippen molar-refractivity contribution in [1.82, 2.24) is 34.4 Å². The first kappa shape index (κ1) is 16.6. The molecule has 2 aromatic rings. The molecule has 0 saturated carbocycles. The number of likely N-dealkylation sites (tertiary alicyclic amines) is 1. The molecule has 9 heteroatoms. The van der Waals surface area contributed by atoms with E-state index in [4.69, 9.17) is 4.74 Å². The van der Waals surface area contributed by atoms with Crippen molar-refractivity contribution in [3.05, 3.63) is 24.3 Å². The Labute approximate surface area is 140 Å². The number of aromatic nitrogens is 6. The monoisotopic (exact) mass is 333 g/mol. The SMILES string of the molecule is CCn1c(Cn2cncn2)nnc1C1CCN(C(=O)COC)CC1. The van der Waals surface area contributed by atoms with Gasteiger partial charge in [-0.1, -0.05) is 0 Å². The molecule has 0 N–H and O–H groups in total. The van der Waals surface area contributed by atoms with Gasteiger partial charge >= 0.3 is 0 Å². The number of methoxy groups -OCH3 is 1. The lowest BCUT2D eigenvalue weighted by atomic mass is 9.96. The summed E-state index contributed by atoms with van der Waals surface area (Å²) in [5.41, 5.74) is 0. The van der Waals surface area contributed by atoms with Gasteiger partial charge in [-0.3, -0.25) is 4.79 Å². The summed E-state index contributed by atoms with van der Waals surface area (Å²) in [6.45, 7) is 5.09. The highest BCUT2D eigenvalue weighted by Gasteiger charge is 2.27. The van der Waals surface area contributed by atoms with E-state index in [2.05, 4.69) is 31.8 Å². The first-order chi connectivity index (χ1) is 11.7. The van der Waals surface area contributed by atoms with Crippen LogP contribution in [0.25, 0.3) is 0 Å². The molecule has 1 aliphatic rings. The molecule has 0 spiro atoms. The topological polar surface area (TPSA) is 91.0 Å². The van der Waals surface area contributed by atoms with Crippen LogP contribution in [0.1, 0.15) is 37.3 Å². The molecule has 2 aromatic heterocycles. The number of rotatable bonds is 6. The minimum atomic E-state index is 0.0554. The molecular weight excluding hydrogens is 310 g/mol. The van der Waals surface area contributed by atoms with E-state index in [-0.39, 0.29) is 12.5 Å². The number of amides is 1. The van der Waals surface area contributed by atoms with E-state index < -0.39 is 0 Å². The van der Waals surface area contributed by atoms with Crippen LogP contribution in [0.15, 0.2) is 12.7 Å². The van der Waals surface area contributed by atoms with Gasteiger partial charge in [0.2, 0.25) is 5.91 Å². The Balaban J connectivity index is 1.67. The second kappa shape index (κ2) is 7.52. The molecule has 0 radical (unpaired) electrons. The predicted molar refractivity (Wildman–Crippen MR) is 85.3 cm³/mol. The lowest BCUT2D eigenvalue weighted by Gasteiger charge is -2.31. The Morgan fingerprint density at radius 2 is 2.12 bits per heavy atom. The van der Waals surface area contributed by atoms with Crippen molar-refractivity contribution in [2.24, 2.45) is 0 Å². The third kappa shape index (κ3) is 3.45. The molecule has 1 fully saturated rings. The maximum atomic E-state index is 11.9. The fourth-order valence-electron chi connectivity index (χ4n) is 3.17. The highest BCUT2D eigenvalue weighted by Crippen LogP contribution is 2.27. The Morgan fingerprint density at radius 1 is 1.33 bits per heavy atom. The fourth-order valence-corrected chi connectivity index (χ4v) is 3.17. The fraction of sp³-hybridized carbons (Fsp3) is 0.667. The van der Waals surface area contributed by atoms with Crippen LogP contribution < -0.4 is 0 Å². The summed E-state index contributed by atoms with van der Waals surface area (Å²) in [4.78, 5) is 17.7. The third-order valence-electron chi connectivity index (χ3n) is 4.42. The molecule has 3 rings (SSSR count). The van der Waals surface area contributed by atoms with Gasteiger partial charge in [0.1, 0.15) is 31.6 Å². The zero-order valence-electron chi connectivity index (χ0n) is 14.1. The summed E-state index contributed by atoms with van der Waals surface area (Å²) in [6.07, 6.45) is 4.99. The van der Waals surface area contributed by atoms with Crippen LogP contribution in [-0.4, -0.2) is 67.1 Å². The molecule has 130 valence electrons. The van der Waals surface area contributed by atoms with Crippen molar-refractivity contribution in [3.63, 3.8) is 0 Å². The van der Waals surface area contributed by atoms with Gasteiger partial charge in [-0.2, -0.15) is 5.10 Å². The highest BCUT2D eigenvalue weighted by molar-refractivity contribution is 5.77. The van der Waals surface area contributed by atoms with Crippen LogP contribution in [0.4, 0.5) is 0 Å². The molecule has 0 aromatic carbocycles. The van der Waals surface area contributed by atoms with Gasteiger partial charge in [0, 0.05) is 32.7 Å². The van der Waals surface area contributed by atoms with Crippen molar-refractivity contribution in [3.8, 4) is 0 Å². The number of carbonyl (C=O) groups excluding carboxylic acids is 1. The van der Waals surface area contributed by atoms with Crippen LogP contribution in [0.5, 0.6) is 0 Å². The molecule has 0 aliphatic carbocycles. The van der Waals surface area contributed by atoms with Crippen LogP contribution in [0.3, 0.4) is 0 Å². The van der Waals surface area contributed by atoms with Crippen LogP contribution in [0, 0.1) is 0 Å². The average Bonchev–Trinajstić information content (AvgIpc) is 3.25. The van der Waals surface area contributed by atoms with Crippen molar-refractivity contribution in [2.75, 3.05) is 26.8 Å². The zero-order chi connectivity index (χ0) is 16.9. The van der Waals surface area contributed by atoms with E-state index in [1.165, 1.54) is 6.33 Å². The highest BCUT2D eigenvalue weighted by atomic mass is 16.5. The van der Waals surface area contributed by atoms with Crippen LogP contribution in [0.2, 0.25) is 0 Å². The summed E-state index contributed by atoms with van der Waals surface area (Å²) in [5.74, 6) is 2.27. The normalized spacial score (nSPS) is 15.8. The second-order valence-electron chi connectivity index (χ2n) is 5.90. The molecule has 1 amide bonds. The van der Waals surface area contributed by atoms with Gasteiger partial charge in [0.05, 0.1) is 0 Å². The summed E-state index contributed by atoms with van der Waals surface area (Å²) in [5, 5.41) is 12.9. The van der Waals surface area contributed by atoms with Crippen molar-refractivity contribution < 1.29 is 9.53 Å². The molecule has 24 heavy (non-hydrogen) atoms. The number of ether oxygens (including phenoxy) is 1. The number of hydrogen-bond donors (Lipinski definition) is 0. The minimum Gasteiger partial charge on any atom is -0.375 e. The molecule has 1 aliphatic heterocycles. The van der Waals surface area contributed by atoms with Gasteiger partial charge in [0.15, 0.2) is 5.82 Å². The zero-order valence-corrected chi connectivity index (χ0v) is 14.1. The van der Waals surface area contributed by atoms with E-state index in [1.54, 1.807) is 18.1 Å². The molecule has 0 unspecified atom stereocenters.